The molecule has 272 valence electrons. The maximum Gasteiger partial charge on any atom is 0.0991 e. The van der Waals surface area contributed by atoms with Gasteiger partial charge in [0, 0.05) is 34.1 Å². The van der Waals surface area contributed by atoms with E-state index in [0.29, 0.717) is 11.1 Å². The van der Waals surface area contributed by atoms with Crippen LogP contribution in [0, 0.1) is 22.7 Å². The summed E-state index contributed by atoms with van der Waals surface area (Å²) in [5.41, 5.74) is 16.4. The summed E-state index contributed by atoms with van der Waals surface area (Å²) >= 11 is 0. The van der Waals surface area contributed by atoms with Crippen molar-refractivity contribution in [2.24, 2.45) is 0 Å². The standard InChI is InChI=1S/C54H36N4/c1-2-12-37-19-23-43(24-20-37)58(42-17-10-5-11-18-42)45-26-30-49-48-29-25-44(57(40-13-6-3-7-14-40)41-15-8-4-9-16-41)33-52(48)54(53(49)34-45)50-31-38(35-55)21-27-46(50)47-28-22-39(36-56)32-51(47)54/h2-11,13-34H,1,12H2. The molecule has 0 unspecified atom stereocenters. The van der Waals surface area contributed by atoms with E-state index < -0.39 is 5.41 Å². The van der Waals surface area contributed by atoms with Crippen LogP contribution < -0.4 is 9.80 Å². The Labute approximate surface area is 339 Å². The monoisotopic (exact) mass is 740 g/mol. The Hall–Kier alpha value is -7.92. The predicted octanol–water partition coefficient (Wildman–Crippen LogP) is 13.4. The minimum absolute atomic E-state index is 0.592. The van der Waals surface area contributed by atoms with Gasteiger partial charge in [0.25, 0.3) is 0 Å². The van der Waals surface area contributed by atoms with E-state index in [-0.39, 0.29) is 0 Å². The van der Waals surface area contributed by atoms with Crippen LogP contribution in [0.1, 0.15) is 38.9 Å². The third kappa shape index (κ3) is 5.35. The maximum atomic E-state index is 10.4. The Balaban J connectivity index is 1.28. The molecule has 1 spiro atoms. The highest BCUT2D eigenvalue weighted by molar-refractivity contribution is 5.98. The van der Waals surface area contributed by atoms with Crippen molar-refractivity contribution >= 4 is 34.1 Å². The van der Waals surface area contributed by atoms with Gasteiger partial charge in [0.2, 0.25) is 0 Å². The Morgan fingerprint density at radius 1 is 0.414 bits per heavy atom. The van der Waals surface area contributed by atoms with Gasteiger partial charge in [-0.2, -0.15) is 10.5 Å². The van der Waals surface area contributed by atoms with Crippen LogP contribution in [-0.2, 0) is 11.8 Å². The molecular formula is C54H36N4. The summed E-state index contributed by atoms with van der Waals surface area (Å²) in [5, 5.41) is 20.7. The van der Waals surface area contributed by atoms with Gasteiger partial charge in [-0.1, -0.05) is 97.1 Å². The number of hydrogen-bond donors (Lipinski definition) is 0. The summed E-state index contributed by atoms with van der Waals surface area (Å²) < 4.78 is 0. The number of para-hydroxylation sites is 3. The molecule has 0 saturated carbocycles. The lowest BCUT2D eigenvalue weighted by atomic mass is 9.70. The molecule has 0 radical (unpaired) electrons. The van der Waals surface area contributed by atoms with Crippen molar-refractivity contribution in [2.45, 2.75) is 11.8 Å². The molecule has 0 N–H and O–H groups in total. The van der Waals surface area contributed by atoms with Crippen molar-refractivity contribution in [2.75, 3.05) is 9.80 Å². The first kappa shape index (κ1) is 34.6. The van der Waals surface area contributed by atoms with Crippen molar-refractivity contribution < 1.29 is 0 Å². The van der Waals surface area contributed by atoms with Crippen LogP contribution in [0.25, 0.3) is 22.3 Å². The molecule has 0 bridgehead atoms. The van der Waals surface area contributed by atoms with Gasteiger partial charge in [-0.25, -0.2) is 0 Å². The van der Waals surface area contributed by atoms with E-state index in [2.05, 4.69) is 186 Å². The molecule has 0 heterocycles. The Bertz CT molecular complexity index is 2850. The molecule has 4 heteroatoms. The minimum atomic E-state index is -0.837. The normalized spacial score (nSPS) is 12.4. The van der Waals surface area contributed by atoms with Gasteiger partial charge in [-0.05, 0) is 154 Å². The SMILES string of the molecule is C=CCc1ccc(N(c2ccccc2)c2ccc3c(c2)C2(c4cc(C#N)ccc4-c4ccc(C#N)cc42)c2cc(N(c4ccccc4)c4ccccc4)ccc2-3)cc1. The average molecular weight is 741 g/mol. The highest BCUT2D eigenvalue weighted by Crippen LogP contribution is 2.64. The van der Waals surface area contributed by atoms with Gasteiger partial charge >= 0.3 is 0 Å². The molecule has 0 fully saturated rings. The lowest BCUT2D eigenvalue weighted by Gasteiger charge is -2.33. The van der Waals surface area contributed by atoms with E-state index in [1.54, 1.807) is 0 Å². The summed E-state index contributed by atoms with van der Waals surface area (Å²) in [4.78, 5) is 4.60. The molecule has 8 aromatic carbocycles. The zero-order valence-corrected chi connectivity index (χ0v) is 31.7. The summed E-state index contributed by atoms with van der Waals surface area (Å²) in [7, 11) is 0. The van der Waals surface area contributed by atoms with Crippen molar-refractivity contribution in [1.29, 1.82) is 10.5 Å². The topological polar surface area (TPSA) is 54.1 Å². The number of rotatable bonds is 8. The molecule has 0 aliphatic heterocycles. The number of fused-ring (bicyclic) bond motifs is 10. The Kier molecular flexibility index (Phi) is 8.33. The van der Waals surface area contributed by atoms with E-state index in [4.69, 9.17) is 0 Å². The number of anilines is 6. The quantitative estimate of drug-likeness (QED) is 0.146. The van der Waals surface area contributed by atoms with Crippen LogP contribution in [0.3, 0.4) is 0 Å². The van der Waals surface area contributed by atoms with E-state index in [9.17, 15) is 10.5 Å². The molecule has 0 atom stereocenters. The second kappa shape index (κ2) is 14.0. The first-order chi connectivity index (χ1) is 28.6. The smallest absolute Gasteiger partial charge is 0.0991 e. The van der Waals surface area contributed by atoms with Gasteiger partial charge in [0.1, 0.15) is 0 Å². The highest BCUT2D eigenvalue weighted by atomic mass is 15.1. The number of benzene rings is 8. The van der Waals surface area contributed by atoms with E-state index in [1.165, 1.54) is 5.56 Å². The van der Waals surface area contributed by atoms with Crippen molar-refractivity contribution in [1.82, 2.24) is 0 Å². The molecule has 0 aromatic heterocycles. The number of hydrogen-bond acceptors (Lipinski definition) is 4. The fourth-order valence-corrected chi connectivity index (χ4v) is 9.19. The summed E-state index contributed by atoms with van der Waals surface area (Å²) in [5.74, 6) is 0. The third-order valence-corrected chi connectivity index (χ3v) is 11.6. The summed E-state index contributed by atoms with van der Waals surface area (Å²) in [6.07, 6.45) is 2.73. The van der Waals surface area contributed by atoms with Crippen LogP contribution in [0.15, 0.2) is 201 Å². The third-order valence-electron chi connectivity index (χ3n) is 11.6. The van der Waals surface area contributed by atoms with Gasteiger partial charge in [0.15, 0.2) is 0 Å². The van der Waals surface area contributed by atoms with Crippen LogP contribution in [-0.4, -0.2) is 0 Å². The lowest BCUT2D eigenvalue weighted by molar-refractivity contribution is 0.792. The van der Waals surface area contributed by atoms with E-state index in [0.717, 1.165) is 85.1 Å². The number of nitrogens with zero attached hydrogens (tertiary/aromatic N) is 4. The van der Waals surface area contributed by atoms with Crippen molar-refractivity contribution in [3.63, 3.8) is 0 Å². The molecule has 4 nitrogen and oxygen atoms in total. The van der Waals surface area contributed by atoms with E-state index in [1.807, 2.05) is 36.4 Å². The highest BCUT2D eigenvalue weighted by Gasteiger charge is 2.52. The van der Waals surface area contributed by atoms with Gasteiger partial charge in [0.05, 0.1) is 28.7 Å². The molecule has 2 aliphatic carbocycles. The van der Waals surface area contributed by atoms with Gasteiger partial charge in [-0.3, -0.25) is 0 Å². The molecule has 8 aromatic rings. The first-order valence-corrected chi connectivity index (χ1v) is 19.5. The summed E-state index contributed by atoms with van der Waals surface area (Å²) in [6.45, 7) is 3.94. The van der Waals surface area contributed by atoms with Crippen molar-refractivity contribution in [3.8, 4) is 34.4 Å². The minimum Gasteiger partial charge on any atom is -0.310 e. The maximum absolute atomic E-state index is 10.4. The second-order valence-corrected chi connectivity index (χ2v) is 14.8. The molecule has 0 saturated heterocycles. The molecule has 58 heavy (non-hydrogen) atoms. The molecule has 2 aliphatic rings. The van der Waals surface area contributed by atoms with Crippen LogP contribution in [0.4, 0.5) is 34.1 Å². The number of nitriles is 2. The summed E-state index contributed by atoms with van der Waals surface area (Å²) in [6, 6.07) is 70.7. The molecule has 10 rings (SSSR count). The van der Waals surface area contributed by atoms with Crippen LogP contribution >= 0.6 is 0 Å². The zero-order chi connectivity index (χ0) is 39.2. The van der Waals surface area contributed by atoms with E-state index >= 15 is 0 Å². The second-order valence-electron chi connectivity index (χ2n) is 14.8. The molecule has 0 amide bonds. The van der Waals surface area contributed by atoms with Crippen molar-refractivity contribution in [3.05, 3.63) is 240 Å². The van der Waals surface area contributed by atoms with Gasteiger partial charge in [-0.15, -0.1) is 6.58 Å². The fraction of sp³-hybridized carbons (Fsp3) is 0.0370. The first-order valence-electron chi connectivity index (χ1n) is 19.5. The van der Waals surface area contributed by atoms with Crippen LogP contribution in [0.2, 0.25) is 0 Å². The largest absolute Gasteiger partial charge is 0.310 e. The lowest BCUT2D eigenvalue weighted by Crippen LogP contribution is -2.27. The van der Waals surface area contributed by atoms with Crippen LogP contribution in [0.5, 0.6) is 0 Å². The Morgan fingerprint density at radius 3 is 1.14 bits per heavy atom. The Morgan fingerprint density at radius 2 is 0.759 bits per heavy atom. The molecular weight excluding hydrogens is 705 g/mol. The van der Waals surface area contributed by atoms with Gasteiger partial charge < -0.3 is 9.80 Å². The average Bonchev–Trinajstić information content (AvgIpc) is 3.74. The fourth-order valence-electron chi connectivity index (χ4n) is 9.19. The zero-order valence-electron chi connectivity index (χ0n) is 31.7. The predicted molar refractivity (Wildman–Crippen MR) is 235 cm³/mol. The number of allylic oxidation sites excluding steroid dienone is 1.